The van der Waals surface area contributed by atoms with Gasteiger partial charge in [0.2, 0.25) is 0 Å². The third kappa shape index (κ3) is 6.24. The Bertz CT molecular complexity index is 731. The lowest BCUT2D eigenvalue weighted by Gasteiger charge is -2.26. The van der Waals surface area contributed by atoms with Crippen LogP contribution in [0.2, 0.25) is 0 Å². The average Bonchev–Trinajstić information content (AvgIpc) is 3.05. The molecule has 0 aliphatic rings. The Morgan fingerprint density at radius 1 is 1.22 bits per heavy atom. The van der Waals surface area contributed by atoms with Crippen LogP contribution in [0.25, 0.3) is 5.65 Å². The predicted octanol–water partition coefficient (Wildman–Crippen LogP) is 3.07. The van der Waals surface area contributed by atoms with Gasteiger partial charge in [0, 0.05) is 31.9 Å². The Hall–Kier alpha value is -2.08. The van der Waals surface area contributed by atoms with Crippen molar-refractivity contribution in [3.8, 4) is 0 Å². The second-order valence-corrected chi connectivity index (χ2v) is 7.25. The molecule has 0 saturated carbocycles. The van der Waals surface area contributed by atoms with E-state index in [1.165, 1.54) is 5.56 Å². The minimum atomic E-state index is -0.703. The van der Waals surface area contributed by atoms with Crippen molar-refractivity contribution in [2.45, 2.75) is 65.4 Å². The Morgan fingerprint density at radius 3 is 2.59 bits per heavy atom. The number of aryl methyl sites for hydroxylation is 1. The summed E-state index contributed by atoms with van der Waals surface area (Å²) in [7, 11) is 0. The van der Waals surface area contributed by atoms with Crippen LogP contribution in [0.1, 0.15) is 57.7 Å². The number of aliphatic hydroxyl groups is 1. The van der Waals surface area contributed by atoms with E-state index >= 15 is 0 Å². The van der Waals surface area contributed by atoms with Crippen molar-refractivity contribution in [3.63, 3.8) is 0 Å². The van der Waals surface area contributed by atoms with E-state index in [9.17, 15) is 5.11 Å². The summed E-state index contributed by atoms with van der Waals surface area (Å²) in [5.74, 6) is 0.753. The Balaban J connectivity index is 1.95. The molecule has 2 aromatic rings. The number of aromatic nitrogens is 2. The summed E-state index contributed by atoms with van der Waals surface area (Å²) in [6, 6.07) is 4.11. The van der Waals surface area contributed by atoms with Crippen molar-refractivity contribution >= 4 is 11.6 Å². The average molecular weight is 374 g/mol. The van der Waals surface area contributed by atoms with Gasteiger partial charge in [-0.1, -0.05) is 32.8 Å². The number of nitrogens with one attached hydrogen (secondary N) is 2. The number of rotatable bonds is 10. The van der Waals surface area contributed by atoms with Gasteiger partial charge in [0.05, 0.1) is 17.8 Å². The molecule has 0 saturated heterocycles. The highest BCUT2D eigenvalue weighted by molar-refractivity contribution is 5.79. The number of pyridine rings is 1. The highest BCUT2D eigenvalue weighted by Crippen LogP contribution is 2.19. The highest BCUT2D eigenvalue weighted by atomic mass is 16.3. The standard InChI is InChI=1S/C21H35N5O/c1-5-11-21(27,12-6-2)16-24-20(22-7-3)23-13-10-18-15-26-14-8-9-17(4)19(26)25-18/h8-9,14-15,27H,5-7,10-13,16H2,1-4H3,(H2,22,23,24). The van der Waals surface area contributed by atoms with Gasteiger partial charge < -0.3 is 20.1 Å². The number of aliphatic imine (C=N–C) groups is 1. The minimum absolute atomic E-state index is 0.428. The van der Waals surface area contributed by atoms with Gasteiger partial charge in [-0.2, -0.15) is 0 Å². The van der Waals surface area contributed by atoms with Gasteiger partial charge in [-0.05, 0) is 38.3 Å². The zero-order chi connectivity index (χ0) is 19.7. The molecule has 0 atom stereocenters. The van der Waals surface area contributed by atoms with Gasteiger partial charge in [-0.15, -0.1) is 0 Å². The van der Waals surface area contributed by atoms with E-state index in [0.29, 0.717) is 6.54 Å². The first kappa shape index (κ1) is 21.2. The lowest BCUT2D eigenvalue weighted by molar-refractivity contribution is 0.0306. The second kappa shape index (κ2) is 10.3. The van der Waals surface area contributed by atoms with Crippen LogP contribution in [-0.2, 0) is 6.42 Å². The molecule has 6 heteroatoms. The molecule has 2 aromatic heterocycles. The summed E-state index contributed by atoms with van der Waals surface area (Å²) in [6.07, 6.45) is 8.41. The molecule has 150 valence electrons. The molecule has 2 rings (SSSR count). The molecule has 0 spiro atoms. The molecule has 0 unspecified atom stereocenters. The molecule has 27 heavy (non-hydrogen) atoms. The molecule has 0 bridgehead atoms. The molecule has 0 radical (unpaired) electrons. The van der Waals surface area contributed by atoms with E-state index in [1.807, 2.05) is 19.2 Å². The van der Waals surface area contributed by atoms with Gasteiger partial charge in [0.25, 0.3) is 0 Å². The zero-order valence-electron chi connectivity index (χ0n) is 17.3. The van der Waals surface area contributed by atoms with Crippen molar-refractivity contribution < 1.29 is 5.11 Å². The molecule has 0 aliphatic heterocycles. The van der Waals surface area contributed by atoms with Crippen LogP contribution in [0.5, 0.6) is 0 Å². The fraction of sp³-hybridized carbons (Fsp3) is 0.619. The second-order valence-electron chi connectivity index (χ2n) is 7.25. The lowest BCUT2D eigenvalue weighted by atomic mass is 9.93. The molecule has 0 aromatic carbocycles. The summed E-state index contributed by atoms with van der Waals surface area (Å²) in [5.41, 5.74) is 2.54. The minimum Gasteiger partial charge on any atom is -0.388 e. The Labute approximate surface area is 163 Å². The quantitative estimate of drug-likeness (QED) is 0.442. The van der Waals surface area contributed by atoms with Crippen LogP contribution in [-0.4, -0.2) is 45.7 Å². The van der Waals surface area contributed by atoms with Crippen molar-refractivity contribution in [2.24, 2.45) is 4.99 Å². The highest BCUT2D eigenvalue weighted by Gasteiger charge is 2.24. The first-order chi connectivity index (χ1) is 13.0. The number of imidazole rings is 1. The summed E-state index contributed by atoms with van der Waals surface area (Å²) in [5, 5.41) is 17.4. The molecule has 0 aliphatic carbocycles. The van der Waals surface area contributed by atoms with Crippen molar-refractivity contribution in [3.05, 3.63) is 35.8 Å². The van der Waals surface area contributed by atoms with Gasteiger partial charge in [-0.3, -0.25) is 4.99 Å². The van der Waals surface area contributed by atoms with Crippen molar-refractivity contribution in [2.75, 3.05) is 19.6 Å². The molecule has 2 heterocycles. The van der Waals surface area contributed by atoms with Gasteiger partial charge >= 0.3 is 0 Å². The first-order valence-electron chi connectivity index (χ1n) is 10.2. The van der Waals surface area contributed by atoms with E-state index in [0.717, 1.165) is 62.5 Å². The fourth-order valence-corrected chi connectivity index (χ4v) is 3.42. The summed E-state index contributed by atoms with van der Waals surface area (Å²) in [4.78, 5) is 9.34. The van der Waals surface area contributed by atoms with Gasteiger partial charge in [0.1, 0.15) is 5.65 Å². The topological polar surface area (TPSA) is 74.0 Å². The van der Waals surface area contributed by atoms with Crippen LogP contribution < -0.4 is 10.6 Å². The van der Waals surface area contributed by atoms with E-state index in [-0.39, 0.29) is 0 Å². The monoisotopic (exact) mass is 373 g/mol. The van der Waals surface area contributed by atoms with Crippen LogP contribution in [0.15, 0.2) is 29.5 Å². The Morgan fingerprint density at radius 2 is 1.96 bits per heavy atom. The maximum absolute atomic E-state index is 10.8. The predicted molar refractivity (Wildman–Crippen MR) is 112 cm³/mol. The lowest BCUT2D eigenvalue weighted by Crippen LogP contribution is -2.40. The fourth-order valence-electron chi connectivity index (χ4n) is 3.42. The van der Waals surface area contributed by atoms with E-state index in [1.54, 1.807) is 0 Å². The third-order valence-corrected chi connectivity index (χ3v) is 4.71. The SMILES string of the molecule is CCCC(O)(CCC)CN=C(NCC)NCCc1cn2cccc(C)c2n1. The zero-order valence-corrected chi connectivity index (χ0v) is 17.3. The summed E-state index contributed by atoms with van der Waals surface area (Å²) in [6.45, 7) is 10.3. The maximum atomic E-state index is 10.8. The largest absolute Gasteiger partial charge is 0.388 e. The van der Waals surface area contributed by atoms with E-state index in [2.05, 4.69) is 53.1 Å². The number of guanidine groups is 1. The molecule has 0 fully saturated rings. The van der Waals surface area contributed by atoms with Crippen LogP contribution in [0.4, 0.5) is 0 Å². The van der Waals surface area contributed by atoms with Crippen molar-refractivity contribution in [1.29, 1.82) is 0 Å². The van der Waals surface area contributed by atoms with Gasteiger partial charge in [-0.25, -0.2) is 4.98 Å². The van der Waals surface area contributed by atoms with Crippen LogP contribution in [0, 0.1) is 6.92 Å². The van der Waals surface area contributed by atoms with E-state index in [4.69, 9.17) is 4.98 Å². The first-order valence-corrected chi connectivity index (χ1v) is 10.2. The summed E-state index contributed by atoms with van der Waals surface area (Å²) >= 11 is 0. The molecular weight excluding hydrogens is 338 g/mol. The molecular formula is C21H35N5O. The summed E-state index contributed by atoms with van der Waals surface area (Å²) < 4.78 is 2.07. The third-order valence-electron chi connectivity index (χ3n) is 4.71. The maximum Gasteiger partial charge on any atom is 0.191 e. The van der Waals surface area contributed by atoms with E-state index < -0.39 is 5.60 Å². The number of hydrogen-bond donors (Lipinski definition) is 3. The molecule has 3 N–H and O–H groups in total. The van der Waals surface area contributed by atoms with Crippen molar-refractivity contribution in [1.82, 2.24) is 20.0 Å². The normalized spacial score (nSPS) is 12.6. The number of hydrogen-bond acceptors (Lipinski definition) is 3. The van der Waals surface area contributed by atoms with Crippen LogP contribution >= 0.6 is 0 Å². The molecule has 0 amide bonds. The van der Waals surface area contributed by atoms with Gasteiger partial charge in [0.15, 0.2) is 5.96 Å². The van der Waals surface area contributed by atoms with Crippen LogP contribution in [0.3, 0.4) is 0 Å². The Kier molecular flexibility index (Phi) is 8.10. The molecule has 6 nitrogen and oxygen atoms in total. The smallest absolute Gasteiger partial charge is 0.191 e. The number of nitrogens with zero attached hydrogens (tertiary/aromatic N) is 3. The number of fused-ring (bicyclic) bond motifs is 1.